The second-order valence-electron chi connectivity index (χ2n) is 5.32. The SMILES string of the molecule is COCC(N)C(=O)NC1CCN(c2cc(Cl)ccc2OC)C1.Cl.Cl. The normalized spacial score (nSPS) is 17.5. The van der Waals surface area contributed by atoms with Crippen molar-refractivity contribution in [3.63, 3.8) is 0 Å². The molecular formula is C15H24Cl3N3O3. The smallest absolute Gasteiger partial charge is 0.239 e. The minimum Gasteiger partial charge on any atom is -0.495 e. The summed E-state index contributed by atoms with van der Waals surface area (Å²) < 4.78 is 10.3. The van der Waals surface area contributed by atoms with Crippen molar-refractivity contribution in [3.05, 3.63) is 23.2 Å². The zero-order chi connectivity index (χ0) is 16.1. The van der Waals surface area contributed by atoms with Gasteiger partial charge in [0.2, 0.25) is 5.91 Å². The fraction of sp³-hybridized carbons (Fsp3) is 0.533. The number of amides is 1. The second-order valence-corrected chi connectivity index (χ2v) is 5.75. The molecule has 1 saturated heterocycles. The molecule has 0 aromatic heterocycles. The Balaban J connectivity index is 0.00000264. The number of ether oxygens (including phenoxy) is 2. The molecule has 0 spiro atoms. The summed E-state index contributed by atoms with van der Waals surface area (Å²) in [5.41, 5.74) is 6.67. The minimum absolute atomic E-state index is 0. The van der Waals surface area contributed by atoms with Crippen LogP contribution < -0.4 is 20.7 Å². The van der Waals surface area contributed by atoms with Crippen LogP contribution in [0.4, 0.5) is 5.69 Å². The number of anilines is 1. The Labute approximate surface area is 159 Å². The highest BCUT2D eigenvalue weighted by Crippen LogP contribution is 2.33. The summed E-state index contributed by atoms with van der Waals surface area (Å²) in [6, 6.07) is 4.93. The van der Waals surface area contributed by atoms with Crippen LogP contribution in [0, 0.1) is 0 Å². The summed E-state index contributed by atoms with van der Waals surface area (Å²) >= 11 is 6.07. The molecule has 1 fully saturated rings. The highest BCUT2D eigenvalue weighted by Gasteiger charge is 2.27. The van der Waals surface area contributed by atoms with E-state index in [1.807, 2.05) is 12.1 Å². The first-order chi connectivity index (χ1) is 10.5. The third kappa shape index (κ3) is 5.86. The number of nitrogens with two attached hydrogens (primary N) is 1. The molecule has 1 aromatic carbocycles. The largest absolute Gasteiger partial charge is 0.495 e. The lowest BCUT2D eigenvalue weighted by atomic mass is 10.2. The number of carbonyl (C=O) groups excluding carboxylic acids is 1. The highest BCUT2D eigenvalue weighted by atomic mass is 35.5. The first kappa shape index (κ1) is 23.1. The van der Waals surface area contributed by atoms with E-state index in [1.54, 1.807) is 13.2 Å². The van der Waals surface area contributed by atoms with Crippen molar-refractivity contribution in [1.82, 2.24) is 5.32 Å². The molecule has 0 saturated carbocycles. The van der Waals surface area contributed by atoms with Crippen LogP contribution in [0.25, 0.3) is 0 Å². The van der Waals surface area contributed by atoms with Crippen molar-refractivity contribution < 1.29 is 14.3 Å². The van der Waals surface area contributed by atoms with E-state index in [9.17, 15) is 4.79 Å². The number of nitrogens with one attached hydrogen (secondary N) is 1. The van der Waals surface area contributed by atoms with E-state index in [-0.39, 0.29) is 43.4 Å². The summed E-state index contributed by atoms with van der Waals surface area (Å²) in [6.07, 6.45) is 0.848. The van der Waals surface area contributed by atoms with E-state index in [2.05, 4.69) is 10.2 Å². The fourth-order valence-corrected chi connectivity index (χ4v) is 2.74. The van der Waals surface area contributed by atoms with E-state index in [0.29, 0.717) is 11.6 Å². The quantitative estimate of drug-likeness (QED) is 0.762. The number of halogens is 3. The Kier molecular flexibility index (Phi) is 10.4. The van der Waals surface area contributed by atoms with Crippen LogP contribution >= 0.6 is 36.4 Å². The predicted molar refractivity (Wildman–Crippen MR) is 101 cm³/mol. The molecule has 0 radical (unpaired) electrons. The molecule has 24 heavy (non-hydrogen) atoms. The number of carbonyl (C=O) groups is 1. The molecule has 1 aliphatic rings. The van der Waals surface area contributed by atoms with Gasteiger partial charge in [-0.25, -0.2) is 0 Å². The van der Waals surface area contributed by atoms with Crippen LogP contribution in [0.1, 0.15) is 6.42 Å². The lowest BCUT2D eigenvalue weighted by molar-refractivity contribution is -0.124. The molecule has 2 rings (SSSR count). The maximum absolute atomic E-state index is 11.9. The molecule has 0 aliphatic carbocycles. The number of hydrogen-bond acceptors (Lipinski definition) is 5. The maximum atomic E-state index is 11.9. The summed E-state index contributed by atoms with van der Waals surface area (Å²) in [4.78, 5) is 14.1. The molecule has 9 heteroatoms. The van der Waals surface area contributed by atoms with E-state index in [0.717, 1.165) is 24.4 Å². The highest BCUT2D eigenvalue weighted by molar-refractivity contribution is 6.30. The van der Waals surface area contributed by atoms with Gasteiger partial charge in [-0.3, -0.25) is 4.79 Å². The van der Waals surface area contributed by atoms with E-state index in [1.165, 1.54) is 7.11 Å². The lowest BCUT2D eigenvalue weighted by Gasteiger charge is -2.22. The molecule has 6 nitrogen and oxygen atoms in total. The number of benzene rings is 1. The van der Waals surface area contributed by atoms with Crippen LogP contribution in [-0.2, 0) is 9.53 Å². The van der Waals surface area contributed by atoms with Crippen LogP contribution in [0.5, 0.6) is 5.75 Å². The van der Waals surface area contributed by atoms with Gasteiger partial charge in [0.15, 0.2) is 0 Å². The molecule has 1 amide bonds. The van der Waals surface area contributed by atoms with Crippen molar-refractivity contribution in [2.75, 3.05) is 38.8 Å². The second kappa shape index (κ2) is 10.8. The minimum atomic E-state index is -0.639. The van der Waals surface area contributed by atoms with E-state index < -0.39 is 6.04 Å². The third-order valence-electron chi connectivity index (χ3n) is 3.70. The summed E-state index contributed by atoms with van der Waals surface area (Å²) in [6.45, 7) is 1.73. The van der Waals surface area contributed by atoms with E-state index >= 15 is 0 Å². The standard InChI is InChI=1S/C15H22ClN3O3.2ClH/c1-21-9-12(17)15(20)18-11-5-6-19(8-11)13-7-10(16)3-4-14(13)22-2;;/h3-4,7,11-12H,5-6,8-9,17H2,1-2H3,(H,18,20);2*1H. The van der Waals surface area contributed by atoms with Gasteiger partial charge in [0, 0.05) is 31.3 Å². The van der Waals surface area contributed by atoms with Gasteiger partial charge in [-0.1, -0.05) is 11.6 Å². The Morgan fingerprint density at radius 3 is 2.79 bits per heavy atom. The first-order valence-electron chi connectivity index (χ1n) is 7.18. The fourth-order valence-electron chi connectivity index (χ4n) is 2.57. The summed E-state index contributed by atoms with van der Waals surface area (Å²) in [5.74, 6) is 0.583. The van der Waals surface area contributed by atoms with Crippen LogP contribution in [-0.4, -0.2) is 51.9 Å². The van der Waals surface area contributed by atoms with Gasteiger partial charge >= 0.3 is 0 Å². The molecule has 3 N–H and O–H groups in total. The summed E-state index contributed by atoms with van der Waals surface area (Å²) in [7, 11) is 3.15. The van der Waals surface area contributed by atoms with Crippen LogP contribution in [0.3, 0.4) is 0 Å². The first-order valence-corrected chi connectivity index (χ1v) is 7.56. The molecule has 1 aliphatic heterocycles. The number of hydrogen-bond donors (Lipinski definition) is 2. The predicted octanol–water partition coefficient (Wildman–Crippen LogP) is 1.86. The van der Waals surface area contributed by atoms with Crippen molar-refractivity contribution >= 4 is 48.0 Å². The zero-order valence-corrected chi connectivity index (χ0v) is 16.0. The van der Waals surface area contributed by atoms with Gasteiger partial charge in [0.1, 0.15) is 11.8 Å². The third-order valence-corrected chi connectivity index (χ3v) is 3.93. The van der Waals surface area contributed by atoms with Gasteiger partial charge in [0.05, 0.1) is 19.4 Å². The number of methoxy groups -OCH3 is 2. The Bertz CT molecular complexity index is 534. The zero-order valence-electron chi connectivity index (χ0n) is 13.7. The molecule has 1 aromatic rings. The Morgan fingerprint density at radius 1 is 1.46 bits per heavy atom. The van der Waals surface area contributed by atoms with Crippen molar-refractivity contribution in [2.45, 2.75) is 18.5 Å². The Hall–Kier alpha value is -0.920. The number of nitrogens with zero attached hydrogens (tertiary/aromatic N) is 1. The van der Waals surface area contributed by atoms with Gasteiger partial charge in [-0.05, 0) is 24.6 Å². The topological polar surface area (TPSA) is 76.8 Å². The molecule has 138 valence electrons. The maximum Gasteiger partial charge on any atom is 0.239 e. The Morgan fingerprint density at radius 2 is 2.17 bits per heavy atom. The van der Waals surface area contributed by atoms with Crippen LogP contribution in [0.15, 0.2) is 18.2 Å². The van der Waals surface area contributed by atoms with E-state index in [4.69, 9.17) is 26.8 Å². The van der Waals surface area contributed by atoms with Crippen molar-refractivity contribution in [3.8, 4) is 5.75 Å². The van der Waals surface area contributed by atoms with Crippen molar-refractivity contribution in [2.24, 2.45) is 5.73 Å². The summed E-state index contributed by atoms with van der Waals surface area (Å²) in [5, 5.41) is 3.61. The van der Waals surface area contributed by atoms with Gasteiger partial charge in [0.25, 0.3) is 0 Å². The van der Waals surface area contributed by atoms with Crippen LogP contribution in [0.2, 0.25) is 5.02 Å². The molecule has 2 unspecified atom stereocenters. The average Bonchev–Trinajstić information content (AvgIpc) is 2.95. The van der Waals surface area contributed by atoms with Gasteiger partial charge < -0.3 is 25.4 Å². The molecule has 1 heterocycles. The van der Waals surface area contributed by atoms with Gasteiger partial charge in [-0.15, -0.1) is 24.8 Å². The van der Waals surface area contributed by atoms with Crippen molar-refractivity contribution in [1.29, 1.82) is 0 Å². The lowest BCUT2D eigenvalue weighted by Crippen LogP contribution is -2.48. The van der Waals surface area contributed by atoms with Gasteiger partial charge in [-0.2, -0.15) is 0 Å². The molecule has 0 bridgehead atoms. The average molecular weight is 401 g/mol. The molecular weight excluding hydrogens is 377 g/mol. The monoisotopic (exact) mass is 399 g/mol. The number of rotatable bonds is 6. The molecule has 2 atom stereocenters.